The van der Waals surface area contributed by atoms with Crippen molar-refractivity contribution in [3.05, 3.63) is 53.6 Å². The number of halogens is 1. The van der Waals surface area contributed by atoms with Crippen molar-refractivity contribution in [1.82, 2.24) is 9.80 Å². The van der Waals surface area contributed by atoms with Crippen LogP contribution in [-0.2, 0) is 9.59 Å². The zero-order valence-electron chi connectivity index (χ0n) is 18.0. The van der Waals surface area contributed by atoms with Gasteiger partial charge in [-0.3, -0.25) is 14.5 Å². The van der Waals surface area contributed by atoms with Crippen LogP contribution in [0.25, 0.3) is 0 Å². The molecular weight excluding hydrogens is 430 g/mol. The van der Waals surface area contributed by atoms with Gasteiger partial charge in [0.25, 0.3) is 5.91 Å². The lowest BCUT2D eigenvalue weighted by Gasteiger charge is -2.34. The second-order valence-corrected chi connectivity index (χ2v) is 8.49. The van der Waals surface area contributed by atoms with E-state index in [0.29, 0.717) is 41.9 Å². The molecule has 1 aliphatic carbocycles. The predicted molar refractivity (Wildman–Crippen MR) is 123 cm³/mol. The lowest BCUT2D eigenvalue weighted by atomic mass is 10.3. The van der Waals surface area contributed by atoms with E-state index in [2.05, 4.69) is 10.2 Å². The van der Waals surface area contributed by atoms with Crippen LogP contribution in [0.15, 0.2) is 48.5 Å². The molecule has 7 nitrogen and oxygen atoms in total. The van der Waals surface area contributed by atoms with Gasteiger partial charge in [0.1, 0.15) is 18.1 Å². The number of hydrogen-bond acceptors (Lipinski definition) is 5. The summed E-state index contributed by atoms with van der Waals surface area (Å²) in [6.07, 6.45) is 1.91. The van der Waals surface area contributed by atoms with Crippen molar-refractivity contribution in [2.75, 3.05) is 51.3 Å². The van der Waals surface area contributed by atoms with Crippen LogP contribution in [0.3, 0.4) is 0 Å². The molecule has 4 rings (SSSR count). The molecule has 0 unspecified atom stereocenters. The van der Waals surface area contributed by atoms with E-state index in [0.717, 1.165) is 32.5 Å². The number of nitrogens with one attached hydrogen (secondary N) is 1. The normalized spacial score (nSPS) is 16.5. The number of rotatable bonds is 9. The van der Waals surface area contributed by atoms with Gasteiger partial charge in [-0.05, 0) is 37.1 Å². The highest BCUT2D eigenvalue weighted by Crippen LogP contribution is 2.30. The topological polar surface area (TPSA) is 71.1 Å². The Morgan fingerprint density at radius 1 is 1.00 bits per heavy atom. The molecule has 0 bridgehead atoms. The zero-order chi connectivity index (χ0) is 22.3. The van der Waals surface area contributed by atoms with Crippen molar-refractivity contribution < 1.29 is 19.1 Å². The lowest BCUT2D eigenvalue weighted by molar-refractivity contribution is -0.135. The molecule has 2 fully saturated rings. The van der Waals surface area contributed by atoms with Gasteiger partial charge in [-0.1, -0.05) is 29.8 Å². The summed E-state index contributed by atoms with van der Waals surface area (Å²) in [6.45, 7) is 4.21. The summed E-state index contributed by atoms with van der Waals surface area (Å²) in [4.78, 5) is 28.6. The van der Waals surface area contributed by atoms with Gasteiger partial charge in [0, 0.05) is 50.4 Å². The van der Waals surface area contributed by atoms with Crippen LogP contribution < -0.4 is 14.8 Å². The summed E-state index contributed by atoms with van der Waals surface area (Å²) in [5.74, 6) is 1.42. The van der Waals surface area contributed by atoms with E-state index in [1.54, 1.807) is 12.1 Å². The third-order valence-electron chi connectivity index (χ3n) is 5.64. The number of benzene rings is 2. The van der Waals surface area contributed by atoms with E-state index >= 15 is 0 Å². The molecule has 8 heteroatoms. The van der Waals surface area contributed by atoms with E-state index in [1.807, 2.05) is 41.3 Å². The highest BCUT2D eigenvalue weighted by molar-refractivity contribution is 6.32. The highest BCUT2D eigenvalue weighted by atomic mass is 35.5. The number of ether oxygens (including phenoxy) is 2. The highest BCUT2D eigenvalue weighted by Gasteiger charge is 2.29. The van der Waals surface area contributed by atoms with Crippen LogP contribution in [0.1, 0.15) is 12.8 Å². The van der Waals surface area contributed by atoms with E-state index in [9.17, 15) is 9.59 Å². The van der Waals surface area contributed by atoms with Crippen LogP contribution in [0.5, 0.6) is 11.5 Å². The number of anilines is 1. The summed E-state index contributed by atoms with van der Waals surface area (Å²) in [5, 5.41) is 3.50. The van der Waals surface area contributed by atoms with Gasteiger partial charge in [-0.2, -0.15) is 0 Å². The molecule has 0 atom stereocenters. The summed E-state index contributed by atoms with van der Waals surface area (Å²) in [7, 11) is 0. The largest absolute Gasteiger partial charge is 0.491 e. The minimum absolute atomic E-state index is 0.0182. The molecule has 1 saturated heterocycles. The van der Waals surface area contributed by atoms with Crippen LogP contribution in [0.4, 0.5) is 5.69 Å². The van der Waals surface area contributed by atoms with Crippen LogP contribution in [-0.4, -0.2) is 67.6 Å². The summed E-state index contributed by atoms with van der Waals surface area (Å²) < 4.78 is 11.4. The van der Waals surface area contributed by atoms with E-state index in [-0.39, 0.29) is 24.3 Å². The number of piperazine rings is 1. The van der Waals surface area contributed by atoms with Gasteiger partial charge in [0.05, 0.1) is 5.02 Å². The summed E-state index contributed by atoms with van der Waals surface area (Å²) >= 11 is 6.11. The van der Waals surface area contributed by atoms with Gasteiger partial charge in [-0.25, -0.2) is 0 Å². The molecule has 2 aliphatic rings. The second kappa shape index (κ2) is 10.7. The Hall–Kier alpha value is -2.77. The molecule has 2 amide bonds. The Bertz CT molecular complexity index is 942. The smallest absolute Gasteiger partial charge is 0.260 e. The Morgan fingerprint density at radius 2 is 1.78 bits per heavy atom. The minimum Gasteiger partial charge on any atom is -0.491 e. The SMILES string of the molecule is O=C(Nc1cccc(OCC(=O)N2CCN(CCOc3ccccc3Cl)CC2)c1)C1CC1. The first-order valence-corrected chi connectivity index (χ1v) is 11.4. The molecule has 0 spiro atoms. The third-order valence-corrected chi connectivity index (χ3v) is 5.95. The Balaban J connectivity index is 1.15. The fourth-order valence-electron chi connectivity index (χ4n) is 3.56. The zero-order valence-corrected chi connectivity index (χ0v) is 18.7. The lowest BCUT2D eigenvalue weighted by Crippen LogP contribution is -2.50. The van der Waals surface area contributed by atoms with E-state index in [1.165, 1.54) is 0 Å². The first-order chi connectivity index (χ1) is 15.6. The van der Waals surface area contributed by atoms with E-state index < -0.39 is 0 Å². The number of carbonyl (C=O) groups excluding carboxylic acids is 2. The van der Waals surface area contributed by atoms with Crippen molar-refractivity contribution >= 4 is 29.1 Å². The van der Waals surface area contributed by atoms with Crippen molar-refractivity contribution in [2.24, 2.45) is 5.92 Å². The molecule has 2 aromatic rings. The number of carbonyl (C=O) groups is 2. The first kappa shape index (κ1) is 22.4. The van der Waals surface area contributed by atoms with Crippen molar-refractivity contribution in [3.8, 4) is 11.5 Å². The second-order valence-electron chi connectivity index (χ2n) is 8.08. The van der Waals surface area contributed by atoms with Gasteiger partial charge < -0.3 is 19.7 Å². The number of hydrogen-bond donors (Lipinski definition) is 1. The predicted octanol–water partition coefficient (Wildman–Crippen LogP) is 3.29. The van der Waals surface area contributed by atoms with Crippen molar-refractivity contribution in [3.63, 3.8) is 0 Å². The average Bonchev–Trinajstić information content (AvgIpc) is 3.65. The average molecular weight is 458 g/mol. The fraction of sp³-hybridized carbons (Fsp3) is 0.417. The molecule has 1 heterocycles. The first-order valence-electron chi connectivity index (χ1n) is 11.0. The fourth-order valence-corrected chi connectivity index (χ4v) is 3.75. The molecule has 1 saturated carbocycles. The Morgan fingerprint density at radius 3 is 2.53 bits per heavy atom. The van der Waals surface area contributed by atoms with E-state index in [4.69, 9.17) is 21.1 Å². The molecule has 1 aliphatic heterocycles. The molecule has 170 valence electrons. The minimum atomic E-state index is -0.0376. The molecule has 2 aromatic carbocycles. The van der Waals surface area contributed by atoms with Crippen LogP contribution in [0, 0.1) is 5.92 Å². The van der Waals surface area contributed by atoms with Gasteiger partial charge >= 0.3 is 0 Å². The maximum absolute atomic E-state index is 12.5. The Kier molecular flexibility index (Phi) is 7.50. The Labute approximate surface area is 193 Å². The monoisotopic (exact) mass is 457 g/mol. The van der Waals surface area contributed by atoms with Crippen molar-refractivity contribution in [1.29, 1.82) is 0 Å². The quantitative estimate of drug-likeness (QED) is 0.625. The summed E-state index contributed by atoms with van der Waals surface area (Å²) in [5.41, 5.74) is 0.694. The molecule has 32 heavy (non-hydrogen) atoms. The van der Waals surface area contributed by atoms with Gasteiger partial charge in [0.15, 0.2) is 6.61 Å². The number of amides is 2. The maximum atomic E-state index is 12.5. The van der Waals surface area contributed by atoms with Gasteiger partial charge in [0.2, 0.25) is 5.91 Å². The molecular formula is C24H28ClN3O4. The third kappa shape index (κ3) is 6.37. The van der Waals surface area contributed by atoms with Crippen LogP contribution >= 0.6 is 11.6 Å². The molecule has 0 aromatic heterocycles. The van der Waals surface area contributed by atoms with Gasteiger partial charge in [-0.15, -0.1) is 0 Å². The maximum Gasteiger partial charge on any atom is 0.260 e. The number of para-hydroxylation sites is 1. The van der Waals surface area contributed by atoms with Crippen LogP contribution in [0.2, 0.25) is 5.02 Å². The standard InChI is InChI=1S/C24H28ClN3O4/c25-21-6-1-2-7-22(21)31-15-14-27-10-12-28(13-11-27)23(29)17-32-20-5-3-4-19(16-20)26-24(30)18-8-9-18/h1-7,16,18H,8-15,17H2,(H,26,30). The summed E-state index contributed by atoms with van der Waals surface area (Å²) in [6, 6.07) is 14.6. The number of nitrogens with zero attached hydrogens (tertiary/aromatic N) is 2. The van der Waals surface area contributed by atoms with Crippen molar-refractivity contribution in [2.45, 2.75) is 12.8 Å². The molecule has 1 N–H and O–H groups in total. The molecule has 0 radical (unpaired) electrons.